The molecule has 1 aliphatic rings. The van der Waals surface area contributed by atoms with Gasteiger partial charge >= 0.3 is 0 Å². The molecule has 0 spiro atoms. The van der Waals surface area contributed by atoms with Gasteiger partial charge in [0.05, 0.1) is 0 Å². The molecule has 0 bridgehead atoms. The average molecular weight is 264 g/mol. The Morgan fingerprint density at radius 2 is 2.21 bits per heavy atom. The maximum Gasteiger partial charge on any atom is 0.106 e. The highest BCUT2D eigenvalue weighted by atomic mass is 15.1. The van der Waals surface area contributed by atoms with Crippen LogP contribution in [0.25, 0.3) is 0 Å². The molecule has 1 saturated heterocycles. The minimum Gasteiger partial charge on any atom is -0.349 e. The van der Waals surface area contributed by atoms with Crippen molar-refractivity contribution in [1.82, 2.24) is 20.2 Å². The van der Waals surface area contributed by atoms with E-state index in [2.05, 4.69) is 34.0 Å². The summed E-state index contributed by atoms with van der Waals surface area (Å²) in [5, 5.41) is 3.69. The lowest BCUT2D eigenvalue weighted by atomic mass is 10.0. The second-order valence-corrected chi connectivity index (χ2v) is 6.06. The van der Waals surface area contributed by atoms with Gasteiger partial charge in [0.25, 0.3) is 0 Å². The number of nitrogens with zero attached hydrogens (tertiary/aromatic N) is 2. The SMILES string of the molecule is CC(C)CN1CCC(NCCCc2ncc[nH]2)CC1. The van der Waals surface area contributed by atoms with Crippen LogP contribution in [-0.4, -0.2) is 47.1 Å². The maximum atomic E-state index is 4.25. The summed E-state index contributed by atoms with van der Waals surface area (Å²) in [7, 11) is 0. The summed E-state index contributed by atoms with van der Waals surface area (Å²) in [4.78, 5) is 10.0. The second kappa shape index (κ2) is 7.65. The fourth-order valence-corrected chi connectivity index (χ4v) is 2.83. The zero-order chi connectivity index (χ0) is 13.5. The Balaban J connectivity index is 1.53. The second-order valence-electron chi connectivity index (χ2n) is 6.06. The van der Waals surface area contributed by atoms with Crippen LogP contribution in [-0.2, 0) is 6.42 Å². The largest absolute Gasteiger partial charge is 0.349 e. The lowest BCUT2D eigenvalue weighted by Gasteiger charge is -2.33. The van der Waals surface area contributed by atoms with Gasteiger partial charge in [-0.15, -0.1) is 0 Å². The summed E-state index contributed by atoms with van der Waals surface area (Å²) in [5.41, 5.74) is 0. The van der Waals surface area contributed by atoms with E-state index in [1.165, 1.54) is 38.9 Å². The van der Waals surface area contributed by atoms with Crippen LogP contribution in [0.4, 0.5) is 0 Å². The Kier molecular flexibility index (Phi) is 5.86. The third-order valence-electron chi connectivity index (χ3n) is 3.79. The number of H-pyrrole nitrogens is 1. The van der Waals surface area contributed by atoms with Crippen molar-refractivity contribution in [1.29, 1.82) is 0 Å². The van der Waals surface area contributed by atoms with Gasteiger partial charge in [0.2, 0.25) is 0 Å². The highest BCUT2D eigenvalue weighted by Gasteiger charge is 2.18. The van der Waals surface area contributed by atoms with Gasteiger partial charge in [0.1, 0.15) is 5.82 Å². The van der Waals surface area contributed by atoms with Crippen LogP contribution in [0.3, 0.4) is 0 Å². The molecule has 2 heterocycles. The van der Waals surface area contributed by atoms with Crippen molar-refractivity contribution >= 4 is 0 Å². The van der Waals surface area contributed by atoms with Gasteiger partial charge in [-0.2, -0.15) is 0 Å². The maximum absolute atomic E-state index is 4.25. The minimum absolute atomic E-state index is 0.722. The molecular formula is C15H28N4. The van der Waals surface area contributed by atoms with Crippen LogP contribution in [0.1, 0.15) is 38.9 Å². The van der Waals surface area contributed by atoms with Crippen molar-refractivity contribution in [2.24, 2.45) is 5.92 Å². The molecule has 0 amide bonds. The van der Waals surface area contributed by atoms with Gasteiger partial charge in [-0.1, -0.05) is 13.8 Å². The van der Waals surface area contributed by atoms with Gasteiger partial charge in [0.15, 0.2) is 0 Å². The van der Waals surface area contributed by atoms with Crippen LogP contribution in [0.5, 0.6) is 0 Å². The average Bonchev–Trinajstić information content (AvgIpc) is 2.89. The molecule has 0 atom stereocenters. The van der Waals surface area contributed by atoms with Gasteiger partial charge in [-0.25, -0.2) is 4.98 Å². The predicted molar refractivity (Wildman–Crippen MR) is 79.2 cm³/mol. The Morgan fingerprint density at radius 1 is 1.42 bits per heavy atom. The van der Waals surface area contributed by atoms with E-state index in [1.54, 1.807) is 0 Å². The number of likely N-dealkylation sites (tertiary alicyclic amines) is 1. The predicted octanol–water partition coefficient (Wildman–Crippen LogP) is 2.05. The van der Waals surface area contributed by atoms with E-state index in [9.17, 15) is 0 Å². The Bertz CT molecular complexity index is 326. The van der Waals surface area contributed by atoms with Crippen molar-refractivity contribution in [3.8, 4) is 0 Å². The molecule has 2 rings (SSSR count). The lowest BCUT2D eigenvalue weighted by Crippen LogP contribution is -2.43. The van der Waals surface area contributed by atoms with E-state index in [-0.39, 0.29) is 0 Å². The molecule has 2 N–H and O–H groups in total. The summed E-state index contributed by atoms with van der Waals surface area (Å²) >= 11 is 0. The number of hydrogen-bond acceptors (Lipinski definition) is 3. The summed E-state index contributed by atoms with van der Waals surface area (Å²) in [6, 6.07) is 0.722. The molecule has 1 aromatic rings. The van der Waals surface area contributed by atoms with Gasteiger partial charge in [0, 0.05) is 31.4 Å². The number of imidazole rings is 1. The third-order valence-corrected chi connectivity index (χ3v) is 3.79. The number of aromatic amines is 1. The molecule has 0 saturated carbocycles. The minimum atomic E-state index is 0.722. The summed E-state index contributed by atoms with van der Waals surface area (Å²) in [6.45, 7) is 9.49. The van der Waals surface area contributed by atoms with Gasteiger partial charge in [-0.05, 0) is 44.8 Å². The molecule has 19 heavy (non-hydrogen) atoms. The number of nitrogens with one attached hydrogen (secondary N) is 2. The number of hydrogen-bond donors (Lipinski definition) is 2. The summed E-state index contributed by atoms with van der Waals surface area (Å²) in [5.74, 6) is 1.89. The summed E-state index contributed by atoms with van der Waals surface area (Å²) < 4.78 is 0. The molecule has 1 aliphatic heterocycles. The molecule has 4 nitrogen and oxygen atoms in total. The molecular weight excluding hydrogens is 236 g/mol. The van der Waals surface area contributed by atoms with E-state index in [0.717, 1.165) is 30.7 Å². The van der Waals surface area contributed by atoms with Crippen LogP contribution in [0.2, 0.25) is 0 Å². The smallest absolute Gasteiger partial charge is 0.106 e. The van der Waals surface area contributed by atoms with E-state index in [0.29, 0.717) is 0 Å². The first-order valence-corrected chi connectivity index (χ1v) is 7.68. The van der Waals surface area contributed by atoms with Crippen molar-refractivity contribution in [2.45, 2.75) is 45.6 Å². The Morgan fingerprint density at radius 3 is 2.84 bits per heavy atom. The van der Waals surface area contributed by atoms with Crippen LogP contribution in [0.15, 0.2) is 12.4 Å². The Hall–Kier alpha value is -0.870. The van der Waals surface area contributed by atoms with Crippen LogP contribution >= 0.6 is 0 Å². The lowest BCUT2D eigenvalue weighted by molar-refractivity contribution is 0.180. The van der Waals surface area contributed by atoms with Gasteiger partial charge < -0.3 is 15.2 Å². The topological polar surface area (TPSA) is 44.0 Å². The monoisotopic (exact) mass is 264 g/mol. The van der Waals surface area contributed by atoms with E-state index < -0.39 is 0 Å². The van der Waals surface area contributed by atoms with E-state index in [1.807, 2.05) is 12.4 Å². The molecule has 4 heteroatoms. The normalized spacial score (nSPS) is 18.3. The first kappa shape index (κ1) is 14.5. The number of aryl methyl sites for hydroxylation is 1. The third kappa shape index (κ3) is 5.33. The molecule has 0 aliphatic carbocycles. The van der Waals surface area contributed by atoms with Crippen molar-refractivity contribution in [2.75, 3.05) is 26.2 Å². The fourth-order valence-electron chi connectivity index (χ4n) is 2.83. The van der Waals surface area contributed by atoms with Crippen LogP contribution < -0.4 is 5.32 Å². The molecule has 0 radical (unpaired) electrons. The molecule has 108 valence electrons. The molecule has 0 unspecified atom stereocenters. The first-order chi connectivity index (χ1) is 9.24. The number of aromatic nitrogens is 2. The number of rotatable bonds is 7. The zero-order valence-corrected chi connectivity index (χ0v) is 12.4. The first-order valence-electron chi connectivity index (χ1n) is 7.68. The van der Waals surface area contributed by atoms with E-state index >= 15 is 0 Å². The van der Waals surface area contributed by atoms with E-state index in [4.69, 9.17) is 0 Å². The highest BCUT2D eigenvalue weighted by Crippen LogP contribution is 2.12. The quantitative estimate of drug-likeness (QED) is 0.741. The van der Waals surface area contributed by atoms with Crippen molar-refractivity contribution < 1.29 is 0 Å². The Labute approximate surface area is 117 Å². The van der Waals surface area contributed by atoms with Crippen LogP contribution in [0, 0.1) is 5.92 Å². The highest BCUT2D eigenvalue weighted by molar-refractivity contribution is 4.87. The molecule has 0 aromatic carbocycles. The fraction of sp³-hybridized carbons (Fsp3) is 0.800. The summed E-state index contributed by atoms with van der Waals surface area (Å²) in [6.07, 6.45) is 8.53. The standard InChI is InChI=1S/C15H28N4/c1-13(2)12-19-10-5-14(6-11-19)16-7-3-4-15-17-8-9-18-15/h8-9,13-14,16H,3-7,10-12H2,1-2H3,(H,17,18). The van der Waals surface area contributed by atoms with Gasteiger partial charge in [-0.3, -0.25) is 0 Å². The zero-order valence-electron chi connectivity index (χ0n) is 12.4. The van der Waals surface area contributed by atoms with Crippen molar-refractivity contribution in [3.63, 3.8) is 0 Å². The van der Waals surface area contributed by atoms with Crippen molar-refractivity contribution in [3.05, 3.63) is 18.2 Å². The molecule has 1 aromatic heterocycles. The molecule has 1 fully saturated rings. The number of piperidine rings is 1.